The van der Waals surface area contributed by atoms with E-state index in [1.165, 1.54) is 13.5 Å². The third-order valence-corrected chi connectivity index (χ3v) is 1.76. The van der Waals surface area contributed by atoms with E-state index >= 15 is 0 Å². The molecule has 0 aromatic heterocycles. The number of rotatable bonds is 2. The van der Waals surface area contributed by atoms with Gasteiger partial charge in [-0.05, 0) is 19.4 Å². The highest BCUT2D eigenvalue weighted by atomic mass is 35.5. The first-order valence-corrected chi connectivity index (χ1v) is 4.47. The fourth-order valence-corrected chi connectivity index (χ4v) is 0.134. The largest absolute Gasteiger partial charge is 0.545 e. The molecule has 0 N–H and O–H groups in total. The van der Waals surface area contributed by atoms with E-state index in [-0.39, 0.29) is 5.57 Å². The first kappa shape index (κ1) is 15.0. The van der Waals surface area contributed by atoms with Gasteiger partial charge in [-0.1, -0.05) is 11.6 Å². The van der Waals surface area contributed by atoms with E-state index in [0.717, 1.165) is 10.0 Å². The number of nitrogens with zero attached hydrogens (tertiary/aromatic N) is 1. The topological polar surface area (TPSA) is 40.1 Å². The van der Waals surface area contributed by atoms with Crippen LogP contribution in [0.1, 0.15) is 13.8 Å². The molecular formula is C9H18ClNO2. The average Bonchev–Trinajstić information content (AvgIpc) is 2.02. The Morgan fingerprint density at radius 2 is 1.77 bits per heavy atom. The van der Waals surface area contributed by atoms with Crippen molar-refractivity contribution >= 4 is 17.6 Å². The summed E-state index contributed by atoms with van der Waals surface area (Å²) in [4.78, 5) is 9.67. The Kier molecular flexibility index (Phi) is 7.96. The summed E-state index contributed by atoms with van der Waals surface area (Å²) in [7, 11) is 6.54. The number of carbonyl (C=O) groups excluding carboxylic acids is 1. The Morgan fingerprint density at radius 3 is 1.77 bits per heavy atom. The SMILES string of the molecule is CC(=CCl)C(=O)[O-].CC[N+](C)(C)C. The smallest absolute Gasteiger partial charge is 0.0751 e. The summed E-state index contributed by atoms with van der Waals surface area (Å²) in [5.41, 5.74) is 1.01. The third-order valence-electron chi connectivity index (χ3n) is 1.43. The summed E-state index contributed by atoms with van der Waals surface area (Å²) in [6.45, 7) is 4.75. The van der Waals surface area contributed by atoms with E-state index in [4.69, 9.17) is 11.6 Å². The molecule has 0 aliphatic carbocycles. The maximum atomic E-state index is 9.67. The second kappa shape index (κ2) is 6.92. The fraction of sp³-hybridized carbons (Fsp3) is 0.667. The highest BCUT2D eigenvalue weighted by Crippen LogP contribution is 1.90. The van der Waals surface area contributed by atoms with Crippen LogP contribution in [0.25, 0.3) is 0 Å². The van der Waals surface area contributed by atoms with Crippen LogP contribution in [0, 0.1) is 0 Å². The molecule has 4 heteroatoms. The van der Waals surface area contributed by atoms with E-state index in [2.05, 4.69) is 28.1 Å². The predicted octanol–water partition coefficient (Wildman–Crippen LogP) is 0.591. The highest BCUT2D eigenvalue weighted by Gasteiger charge is 1.97. The standard InChI is InChI=1S/C5H14N.C4H5ClO2/c1-5-6(2,3)4;1-3(2-5)4(6)7/h5H2,1-4H3;2H,1H3,(H,6,7)/q+1;/p-1. The van der Waals surface area contributed by atoms with Crippen molar-refractivity contribution in [3.63, 3.8) is 0 Å². The van der Waals surface area contributed by atoms with Crippen LogP contribution in [0.3, 0.4) is 0 Å². The number of halogens is 1. The minimum atomic E-state index is -1.23. The minimum Gasteiger partial charge on any atom is -0.545 e. The van der Waals surface area contributed by atoms with Crippen molar-refractivity contribution < 1.29 is 14.4 Å². The van der Waals surface area contributed by atoms with Crippen LogP contribution < -0.4 is 5.11 Å². The van der Waals surface area contributed by atoms with Crippen LogP contribution in [-0.4, -0.2) is 38.1 Å². The van der Waals surface area contributed by atoms with Crippen LogP contribution >= 0.6 is 11.6 Å². The first-order chi connectivity index (χ1) is 5.74. The van der Waals surface area contributed by atoms with Gasteiger partial charge in [0.25, 0.3) is 0 Å². The van der Waals surface area contributed by atoms with Gasteiger partial charge in [-0.2, -0.15) is 0 Å². The zero-order valence-electron chi connectivity index (χ0n) is 8.93. The monoisotopic (exact) mass is 207 g/mol. The molecule has 3 nitrogen and oxygen atoms in total. The van der Waals surface area contributed by atoms with Gasteiger partial charge in [0, 0.05) is 5.54 Å². The van der Waals surface area contributed by atoms with Gasteiger partial charge >= 0.3 is 0 Å². The average molecular weight is 208 g/mol. The predicted molar refractivity (Wildman–Crippen MR) is 53.2 cm³/mol. The van der Waals surface area contributed by atoms with Crippen molar-refractivity contribution in [2.75, 3.05) is 27.7 Å². The van der Waals surface area contributed by atoms with Crippen LogP contribution in [0.15, 0.2) is 11.1 Å². The summed E-state index contributed by atoms with van der Waals surface area (Å²) in [6.07, 6.45) is 0. The van der Waals surface area contributed by atoms with Gasteiger partial charge < -0.3 is 14.4 Å². The van der Waals surface area contributed by atoms with E-state index in [0.29, 0.717) is 0 Å². The van der Waals surface area contributed by atoms with Gasteiger partial charge in [-0.15, -0.1) is 0 Å². The maximum absolute atomic E-state index is 9.67. The Balaban J connectivity index is 0. The number of carboxylic acids is 1. The molecule has 0 aromatic carbocycles. The molecule has 0 aliphatic heterocycles. The Labute approximate surface area is 85.2 Å². The molecule has 0 heterocycles. The molecule has 0 saturated carbocycles. The van der Waals surface area contributed by atoms with Gasteiger partial charge in [-0.3, -0.25) is 0 Å². The second-order valence-corrected chi connectivity index (χ2v) is 3.90. The quantitative estimate of drug-likeness (QED) is 0.491. The van der Waals surface area contributed by atoms with Gasteiger partial charge in [0.1, 0.15) is 0 Å². The lowest BCUT2D eigenvalue weighted by atomic mass is 10.4. The molecule has 0 rings (SSSR count). The van der Waals surface area contributed by atoms with Crippen molar-refractivity contribution in [1.82, 2.24) is 0 Å². The Hall–Kier alpha value is -0.540. The molecule has 0 spiro atoms. The lowest BCUT2D eigenvalue weighted by Crippen LogP contribution is -2.33. The first-order valence-electron chi connectivity index (χ1n) is 4.03. The number of hydrogen-bond donors (Lipinski definition) is 0. The lowest BCUT2D eigenvalue weighted by molar-refractivity contribution is -0.868. The van der Waals surface area contributed by atoms with E-state index in [9.17, 15) is 9.90 Å². The van der Waals surface area contributed by atoms with Crippen LogP contribution in [0.2, 0.25) is 0 Å². The van der Waals surface area contributed by atoms with Crippen molar-refractivity contribution in [3.05, 3.63) is 11.1 Å². The molecule has 13 heavy (non-hydrogen) atoms. The summed E-state index contributed by atoms with van der Waals surface area (Å²) in [6, 6.07) is 0. The van der Waals surface area contributed by atoms with Crippen LogP contribution in [0.5, 0.6) is 0 Å². The molecule has 0 aromatic rings. The molecule has 0 saturated heterocycles. The molecule has 78 valence electrons. The number of aliphatic carboxylic acids is 1. The van der Waals surface area contributed by atoms with Gasteiger partial charge in [0.05, 0.1) is 33.7 Å². The zero-order chi connectivity index (χ0) is 11.1. The summed E-state index contributed by atoms with van der Waals surface area (Å²) in [5.74, 6) is -1.23. The van der Waals surface area contributed by atoms with Crippen molar-refractivity contribution in [3.8, 4) is 0 Å². The molecule has 0 fully saturated rings. The van der Waals surface area contributed by atoms with Gasteiger partial charge in [0.15, 0.2) is 0 Å². The van der Waals surface area contributed by atoms with Gasteiger partial charge in [-0.25, -0.2) is 0 Å². The molecular weight excluding hydrogens is 190 g/mol. The van der Waals surface area contributed by atoms with Crippen molar-refractivity contribution in [1.29, 1.82) is 0 Å². The van der Waals surface area contributed by atoms with E-state index < -0.39 is 5.97 Å². The number of quaternary nitrogens is 1. The molecule has 0 radical (unpaired) electrons. The summed E-state index contributed by atoms with van der Waals surface area (Å²) >= 11 is 4.96. The second-order valence-electron chi connectivity index (χ2n) is 3.69. The molecule has 0 atom stereocenters. The molecule has 0 bridgehead atoms. The normalized spacial score (nSPS) is 11.7. The fourth-order valence-electron chi connectivity index (χ4n) is 0.0445. The lowest BCUT2D eigenvalue weighted by Gasteiger charge is -2.20. The maximum Gasteiger partial charge on any atom is 0.0751 e. The zero-order valence-corrected chi connectivity index (χ0v) is 9.68. The molecule has 0 amide bonds. The Bertz CT molecular complexity index is 183. The van der Waals surface area contributed by atoms with Gasteiger partial charge in [0.2, 0.25) is 0 Å². The highest BCUT2D eigenvalue weighted by molar-refractivity contribution is 6.27. The molecule has 0 aliphatic rings. The van der Waals surface area contributed by atoms with Crippen LogP contribution in [0.4, 0.5) is 0 Å². The Morgan fingerprint density at radius 1 is 1.46 bits per heavy atom. The van der Waals surface area contributed by atoms with E-state index in [1.54, 1.807) is 0 Å². The third kappa shape index (κ3) is 14.3. The number of carboxylic acid groups (broad SMARTS) is 1. The summed E-state index contributed by atoms with van der Waals surface area (Å²) in [5, 5.41) is 9.67. The van der Waals surface area contributed by atoms with E-state index in [1.807, 2.05) is 0 Å². The summed E-state index contributed by atoms with van der Waals surface area (Å²) < 4.78 is 1.07. The van der Waals surface area contributed by atoms with Crippen molar-refractivity contribution in [2.45, 2.75) is 13.8 Å². The van der Waals surface area contributed by atoms with Crippen molar-refractivity contribution in [2.24, 2.45) is 0 Å². The minimum absolute atomic E-state index is 0.0432. The number of hydrogen-bond acceptors (Lipinski definition) is 2. The van der Waals surface area contributed by atoms with Crippen LogP contribution in [-0.2, 0) is 4.79 Å². The molecule has 0 unspecified atom stereocenters. The number of carbonyl (C=O) groups is 1.